The Morgan fingerprint density at radius 2 is 2.44 bits per heavy atom. The van der Waals surface area contributed by atoms with Gasteiger partial charge in [-0.05, 0) is 19.4 Å². The largest absolute Gasteiger partial charge is 0.290 e. The van der Waals surface area contributed by atoms with Crippen LogP contribution in [0, 0.1) is 0 Å². The fourth-order valence-corrected chi connectivity index (χ4v) is 3.10. The smallest absolute Gasteiger partial charge is 0.138 e. The van der Waals surface area contributed by atoms with Crippen molar-refractivity contribution in [1.82, 2.24) is 24.3 Å². The number of hydrogen-bond donors (Lipinski definition) is 0. The van der Waals surface area contributed by atoms with Crippen LogP contribution in [-0.2, 0) is 13.6 Å². The normalized spacial score (nSPS) is 20.7. The lowest BCUT2D eigenvalue weighted by atomic mass is 10.1. The molecule has 0 aromatic carbocycles. The van der Waals surface area contributed by atoms with Crippen LogP contribution in [0.15, 0.2) is 12.4 Å². The Morgan fingerprint density at radius 3 is 3.11 bits per heavy atom. The molecule has 2 aromatic heterocycles. The lowest BCUT2D eigenvalue weighted by molar-refractivity contribution is 0.245. The van der Waals surface area contributed by atoms with E-state index in [1.165, 1.54) is 29.9 Å². The summed E-state index contributed by atoms with van der Waals surface area (Å²) >= 11 is 7.32. The minimum absolute atomic E-state index is 0.427. The van der Waals surface area contributed by atoms with Crippen LogP contribution in [0.2, 0.25) is 4.34 Å². The highest BCUT2D eigenvalue weighted by Crippen LogP contribution is 2.33. The monoisotopic (exact) mass is 283 g/mol. The second kappa shape index (κ2) is 4.95. The maximum atomic E-state index is 6.07. The molecule has 0 unspecified atom stereocenters. The third-order valence-corrected chi connectivity index (χ3v) is 4.32. The standard InChI is InChI=1S/C11H14ClN5S/c1-16-6-8(5-13-16)10-3-2-4-17(10)7-9-11(12)18-15-14-9/h5-6,10H,2-4,7H2,1H3/t10-/m0/s1. The number of rotatable bonds is 3. The van der Waals surface area contributed by atoms with Crippen LogP contribution in [0.25, 0.3) is 0 Å². The van der Waals surface area contributed by atoms with Gasteiger partial charge < -0.3 is 0 Å². The molecule has 1 atom stereocenters. The summed E-state index contributed by atoms with van der Waals surface area (Å²) in [5.41, 5.74) is 2.16. The van der Waals surface area contributed by atoms with Gasteiger partial charge in [-0.15, -0.1) is 5.10 Å². The molecular weight excluding hydrogens is 270 g/mol. The van der Waals surface area contributed by atoms with E-state index in [0.717, 1.165) is 18.8 Å². The second-order valence-electron chi connectivity index (χ2n) is 4.57. The van der Waals surface area contributed by atoms with Crippen LogP contribution in [0.5, 0.6) is 0 Å². The second-order valence-corrected chi connectivity index (χ2v) is 5.93. The van der Waals surface area contributed by atoms with Gasteiger partial charge in [0.1, 0.15) is 10.0 Å². The zero-order valence-electron chi connectivity index (χ0n) is 10.1. The van der Waals surface area contributed by atoms with Gasteiger partial charge in [0, 0.05) is 42.9 Å². The Hall–Kier alpha value is -0.980. The Kier molecular flexibility index (Phi) is 3.32. The number of aromatic nitrogens is 4. The first-order valence-electron chi connectivity index (χ1n) is 5.93. The molecule has 0 amide bonds. The van der Waals surface area contributed by atoms with Gasteiger partial charge in [0.25, 0.3) is 0 Å². The lowest BCUT2D eigenvalue weighted by Crippen LogP contribution is -2.22. The molecular formula is C11H14ClN5S. The van der Waals surface area contributed by atoms with Crippen molar-refractivity contribution in [2.75, 3.05) is 6.54 Å². The summed E-state index contributed by atoms with van der Waals surface area (Å²) in [6.45, 7) is 1.85. The summed E-state index contributed by atoms with van der Waals surface area (Å²) in [4.78, 5) is 2.40. The molecule has 3 heterocycles. The fraction of sp³-hybridized carbons (Fsp3) is 0.545. The Labute approximate surface area is 115 Å². The van der Waals surface area contributed by atoms with Crippen LogP contribution in [0.1, 0.15) is 30.1 Å². The summed E-state index contributed by atoms with van der Waals surface area (Å²) in [6, 6.07) is 0.427. The average molecular weight is 284 g/mol. The van der Waals surface area contributed by atoms with E-state index in [0.29, 0.717) is 10.4 Å². The van der Waals surface area contributed by atoms with Gasteiger partial charge in [-0.3, -0.25) is 9.58 Å². The molecule has 1 aliphatic rings. The van der Waals surface area contributed by atoms with E-state index in [9.17, 15) is 0 Å². The maximum Gasteiger partial charge on any atom is 0.138 e. The molecule has 7 heteroatoms. The van der Waals surface area contributed by atoms with Gasteiger partial charge in [-0.2, -0.15) is 5.10 Å². The van der Waals surface area contributed by atoms with Crippen molar-refractivity contribution in [2.24, 2.45) is 7.05 Å². The summed E-state index contributed by atoms with van der Waals surface area (Å²) in [5, 5.41) is 8.33. The quantitative estimate of drug-likeness (QED) is 0.867. The molecule has 1 fully saturated rings. The molecule has 96 valence electrons. The van der Waals surface area contributed by atoms with Crippen molar-refractivity contribution in [3.63, 3.8) is 0 Å². The highest BCUT2D eigenvalue weighted by atomic mass is 35.5. The molecule has 2 aromatic rings. The van der Waals surface area contributed by atoms with E-state index >= 15 is 0 Å². The summed E-state index contributed by atoms with van der Waals surface area (Å²) in [7, 11) is 1.95. The van der Waals surface area contributed by atoms with Crippen molar-refractivity contribution in [3.8, 4) is 0 Å². The topological polar surface area (TPSA) is 46.8 Å². The molecule has 1 saturated heterocycles. The van der Waals surface area contributed by atoms with E-state index < -0.39 is 0 Å². The summed E-state index contributed by atoms with van der Waals surface area (Å²) in [5.74, 6) is 0. The minimum atomic E-state index is 0.427. The molecule has 18 heavy (non-hydrogen) atoms. The van der Waals surface area contributed by atoms with Gasteiger partial charge in [0.05, 0.1) is 6.20 Å². The van der Waals surface area contributed by atoms with Crippen molar-refractivity contribution >= 4 is 23.1 Å². The first-order valence-corrected chi connectivity index (χ1v) is 7.08. The van der Waals surface area contributed by atoms with Gasteiger partial charge in [0.15, 0.2) is 0 Å². The third-order valence-electron chi connectivity index (χ3n) is 3.34. The number of hydrogen-bond acceptors (Lipinski definition) is 5. The first kappa shape index (κ1) is 12.1. The van der Waals surface area contributed by atoms with Crippen molar-refractivity contribution < 1.29 is 0 Å². The SMILES string of the molecule is Cn1cc([C@@H]2CCCN2Cc2nnsc2Cl)cn1. The van der Waals surface area contributed by atoms with Crippen molar-refractivity contribution in [1.29, 1.82) is 0 Å². The fourth-order valence-electron chi connectivity index (χ4n) is 2.49. The first-order chi connectivity index (χ1) is 8.74. The molecule has 0 aliphatic carbocycles. The molecule has 5 nitrogen and oxygen atoms in total. The summed E-state index contributed by atoms with van der Waals surface area (Å²) in [6.07, 6.45) is 6.41. The number of aryl methyl sites for hydroxylation is 1. The van der Waals surface area contributed by atoms with E-state index in [1.807, 2.05) is 17.9 Å². The number of likely N-dealkylation sites (tertiary alicyclic amines) is 1. The zero-order valence-corrected chi connectivity index (χ0v) is 11.7. The van der Waals surface area contributed by atoms with E-state index in [1.54, 1.807) is 0 Å². The zero-order chi connectivity index (χ0) is 12.5. The van der Waals surface area contributed by atoms with Gasteiger partial charge >= 0.3 is 0 Å². The van der Waals surface area contributed by atoms with Gasteiger partial charge in [-0.25, -0.2) is 0 Å². The molecule has 1 aliphatic heterocycles. The number of halogens is 1. The molecule has 3 rings (SSSR count). The van der Waals surface area contributed by atoms with E-state index in [2.05, 4.69) is 25.8 Å². The van der Waals surface area contributed by atoms with Crippen LogP contribution in [0.4, 0.5) is 0 Å². The van der Waals surface area contributed by atoms with Gasteiger partial charge in [0.2, 0.25) is 0 Å². The highest BCUT2D eigenvalue weighted by molar-refractivity contribution is 7.10. The minimum Gasteiger partial charge on any atom is -0.290 e. The molecule has 0 spiro atoms. The third kappa shape index (κ3) is 2.28. The lowest BCUT2D eigenvalue weighted by Gasteiger charge is -2.22. The van der Waals surface area contributed by atoms with Crippen LogP contribution in [0.3, 0.4) is 0 Å². The van der Waals surface area contributed by atoms with Crippen molar-refractivity contribution in [2.45, 2.75) is 25.4 Å². The predicted molar refractivity (Wildman–Crippen MR) is 70.5 cm³/mol. The van der Waals surface area contributed by atoms with Gasteiger partial charge in [-0.1, -0.05) is 16.1 Å². The number of nitrogens with zero attached hydrogens (tertiary/aromatic N) is 5. The van der Waals surface area contributed by atoms with E-state index in [-0.39, 0.29) is 0 Å². The van der Waals surface area contributed by atoms with E-state index in [4.69, 9.17) is 11.6 Å². The Bertz CT molecular complexity index is 537. The van der Waals surface area contributed by atoms with Crippen LogP contribution < -0.4 is 0 Å². The van der Waals surface area contributed by atoms with Crippen LogP contribution in [-0.4, -0.2) is 30.8 Å². The maximum absolute atomic E-state index is 6.07. The molecule has 0 bridgehead atoms. The van der Waals surface area contributed by atoms with Crippen molar-refractivity contribution in [3.05, 3.63) is 28.0 Å². The Morgan fingerprint density at radius 1 is 1.56 bits per heavy atom. The Balaban J connectivity index is 1.77. The predicted octanol–water partition coefficient (Wildman–Crippen LogP) is 2.26. The molecule has 0 saturated carbocycles. The molecule has 0 N–H and O–H groups in total. The highest BCUT2D eigenvalue weighted by Gasteiger charge is 2.28. The van der Waals surface area contributed by atoms with Crippen LogP contribution >= 0.6 is 23.1 Å². The molecule has 0 radical (unpaired) electrons. The average Bonchev–Trinajstić information content (AvgIpc) is 3.03. The summed E-state index contributed by atoms with van der Waals surface area (Å²) < 4.78 is 6.43.